The summed E-state index contributed by atoms with van der Waals surface area (Å²) >= 11 is 0. The number of nitrogens with zero attached hydrogens (tertiary/aromatic N) is 2. The van der Waals surface area contributed by atoms with Crippen LogP contribution in [0.5, 0.6) is 0 Å². The highest BCUT2D eigenvalue weighted by atomic mass is 16.1. The molecule has 1 aromatic heterocycles. The van der Waals surface area contributed by atoms with Gasteiger partial charge in [0.1, 0.15) is 0 Å². The van der Waals surface area contributed by atoms with Crippen molar-refractivity contribution in [2.45, 2.75) is 39.8 Å². The largest absolute Gasteiger partial charge is 0.366 e. The SMILES string of the molecule is CCC(C)NC(=O)c1cncc(N(CC)Cc2ccccc2)c1. The molecule has 0 saturated carbocycles. The number of carbonyl (C=O) groups excluding carboxylic acids is 1. The summed E-state index contributed by atoms with van der Waals surface area (Å²) in [4.78, 5) is 18.7. The summed E-state index contributed by atoms with van der Waals surface area (Å²) in [6.07, 6.45) is 4.35. The Labute approximate surface area is 138 Å². The van der Waals surface area contributed by atoms with Gasteiger partial charge in [0.2, 0.25) is 0 Å². The van der Waals surface area contributed by atoms with E-state index in [-0.39, 0.29) is 11.9 Å². The zero-order chi connectivity index (χ0) is 16.7. The van der Waals surface area contributed by atoms with Crippen molar-refractivity contribution in [3.05, 3.63) is 59.9 Å². The number of anilines is 1. The average molecular weight is 311 g/mol. The van der Waals surface area contributed by atoms with E-state index in [1.54, 1.807) is 6.20 Å². The second kappa shape index (κ2) is 8.32. The van der Waals surface area contributed by atoms with Gasteiger partial charge in [-0.2, -0.15) is 0 Å². The fraction of sp³-hybridized carbons (Fsp3) is 0.368. The van der Waals surface area contributed by atoms with Crippen LogP contribution in [-0.4, -0.2) is 23.5 Å². The molecule has 0 aliphatic rings. The van der Waals surface area contributed by atoms with Gasteiger partial charge in [-0.25, -0.2) is 0 Å². The zero-order valence-electron chi connectivity index (χ0n) is 14.1. The van der Waals surface area contributed by atoms with E-state index >= 15 is 0 Å². The monoisotopic (exact) mass is 311 g/mol. The predicted octanol–water partition coefficient (Wildman–Crippen LogP) is 3.64. The minimum atomic E-state index is -0.0653. The molecule has 1 amide bonds. The molecule has 0 spiro atoms. The molecular weight excluding hydrogens is 286 g/mol. The maximum Gasteiger partial charge on any atom is 0.253 e. The van der Waals surface area contributed by atoms with Crippen LogP contribution in [0, 0.1) is 0 Å². The molecule has 4 nitrogen and oxygen atoms in total. The summed E-state index contributed by atoms with van der Waals surface area (Å²) in [5.41, 5.74) is 2.81. The van der Waals surface area contributed by atoms with Crippen molar-refractivity contribution >= 4 is 11.6 Å². The van der Waals surface area contributed by atoms with Crippen molar-refractivity contribution in [3.63, 3.8) is 0 Å². The summed E-state index contributed by atoms with van der Waals surface area (Å²) < 4.78 is 0. The van der Waals surface area contributed by atoms with E-state index in [9.17, 15) is 4.79 Å². The molecule has 2 rings (SSSR count). The first kappa shape index (κ1) is 17.0. The van der Waals surface area contributed by atoms with E-state index < -0.39 is 0 Å². The highest BCUT2D eigenvalue weighted by Gasteiger charge is 2.12. The summed E-state index contributed by atoms with van der Waals surface area (Å²) in [7, 11) is 0. The number of pyridine rings is 1. The third-order valence-electron chi connectivity index (χ3n) is 3.94. The molecule has 1 heterocycles. The molecule has 0 radical (unpaired) electrons. The Morgan fingerprint density at radius 2 is 1.96 bits per heavy atom. The van der Waals surface area contributed by atoms with Gasteiger partial charge in [0.15, 0.2) is 0 Å². The van der Waals surface area contributed by atoms with E-state index in [1.807, 2.05) is 37.4 Å². The van der Waals surface area contributed by atoms with Gasteiger partial charge in [-0.1, -0.05) is 37.3 Å². The molecule has 1 unspecified atom stereocenters. The summed E-state index contributed by atoms with van der Waals surface area (Å²) in [6, 6.07) is 12.4. The van der Waals surface area contributed by atoms with E-state index in [2.05, 4.69) is 41.2 Å². The molecule has 0 fully saturated rings. The van der Waals surface area contributed by atoms with E-state index in [1.165, 1.54) is 5.56 Å². The van der Waals surface area contributed by atoms with Gasteiger partial charge in [-0.15, -0.1) is 0 Å². The topological polar surface area (TPSA) is 45.2 Å². The Kier molecular flexibility index (Phi) is 6.15. The number of amides is 1. The molecule has 4 heteroatoms. The highest BCUT2D eigenvalue weighted by Crippen LogP contribution is 2.17. The Balaban J connectivity index is 2.15. The van der Waals surface area contributed by atoms with Crippen molar-refractivity contribution in [3.8, 4) is 0 Å². The lowest BCUT2D eigenvalue weighted by atomic mass is 10.1. The Morgan fingerprint density at radius 1 is 1.22 bits per heavy atom. The van der Waals surface area contributed by atoms with Crippen molar-refractivity contribution in [1.29, 1.82) is 0 Å². The Morgan fingerprint density at radius 3 is 2.61 bits per heavy atom. The first-order chi connectivity index (χ1) is 11.1. The predicted molar refractivity (Wildman–Crippen MR) is 94.6 cm³/mol. The quantitative estimate of drug-likeness (QED) is 0.849. The maximum atomic E-state index is 12.3. The minimum absolute atomic E-state index is 0.0653. The van der Waals surface area contributed by atoms with Crippen LogP contribution in [0.2, 0.25) is 0 Å². The average Bonchev–Trinajstić information content (AvgIpc) is 2.60. The summed E-state index contributed by atoms with van der Waals surface area (Å²) in [5.74, 6) is -0.0653. The van der Waals surface area contributed by atoms with Crippen LogP contribution in [0.4, 0.5) is 5.69 Å². The van der Waals surface area contributed by atoms with Crippen molar-refractivity contribution in [2.75, 3.05) is 11.4 Å². The number of aromatic nitrogens is 1. The molecule has 0 aliphatic carbocycles. The van der Waals surface area contributed by atoms with Gasteiger partial charge in [-0.05, 0) is 31.9 Å². The number of carbonyl (C=O) groups is 1. The standard InChI is InChI=1S/C19H25N3O/c1-4-15(3)21-19(23)17-11-18(13-20-12-17)22(5-2)14-16-9-7-6-8-10-16/h6-13,15H,4-5,14H2,1-3H3,(H,21,23). The number of hydrogen-bond donors (Lipinski definition) is 1. The Bertz CT molecular complexity index is 628. The molecule has 0 bridgehead atoms. The van der Waals surface area contributed by atoms with Gasteiger partial charge in [-0.3, -0.25) is 9.78 Å². The Hall–Kier alpha value is -2.36. The first-order valence-electron chi connectivity index (χ1n) is 8.18. The molecule has 122 valence electrons. The van der Waals surface area contributed by atoms with Gasteiger partial charge in [0, 0.05) is 25.3 Å². The second-order valence-corrected chi connectivity index (χ2v) is 5.71. The number of rotatable bonds is 7. The molecule has 1 aromatic carbocycles. The summed E-state index contributed by atoms with van der Waals surface area (Å²) in [6.45, 7) is 7.82. The molecule has 0 saturated heterocycles. The van der Waals surface area contributed by atoms with Crippen molar-refractivity contribution in [1.82, 2.24) is 10.3 Å². The minimum Gasteiger partial charge on any atom is -0.366 e. The first-order valence-corrected chi connectivity index (χ1v) is 8.18. The van der Waals surface area contributed by atoms with Crippen LogP contribution >= 0.6 is 0 Å². The van der Waals surface area contributed by atoms with Crippen LogP contribution < -0.4 is 10.2 Å². The number of benzene rings is 1. The van der Waals surface area contributed by atoms with Gasteiger partial charge < -0.3 is 10.2 Å². The molecular formula is C19H25N3O. The molecule has 0 aliphatic heterocycles. The number of hydrogen-bond acceptors (Lipinski definition) is 3. The van der Waals surface area contributed by atoms with Crippen LogP contribution in [0.15, 0.2) is 48.8 Å². The lowest BCUT2D eigenvalue weighted by Crippen LogP contribution is -2.32. The lowest BCUT2D eigenvalue weighted by molar-refractivity contribution is 0.0939. The smallest absolute Gasteiger partial charge is 0.253 e. The normalized spacial score (nSPS) is 11.8. The molecule has 23 heavy (non-hydrogen) atoms. The third-order valence-corrected chi connectivity index (χ3v) is 3.94. The van der Waals surface area contributed by atoms with Crippen molar-refractivity contribution < 1.29 is 4.79 Å². The lowest BCUT2D eigenvalue weighted by Gasteiger charge is -2.23. The summed E-state index contributed by atoms with van der Waals surface area (Å²) in [5, 5.41) is 2.98. The van der Waals surface area contributed by atoms with Crippen molar-refractivity contribution in [2.24, 2.45) is 0 Å². The van der Waals surface area contributed by atoms with E-state index in [4.69, 9.17) is 0 Å². The fourth-order valence-electron chi connectivity index (χ4n) is 2.32. The van der Waals surface area contributed by atoms with E-state index in [0.717, 1.165) is 25.2 Å². The van der Waals surface area contributed by atoms with Crippen LogP contribution in [0.3, 0.4) is 0 Å². The molecule has 1 atom stereocenters. The highest BCUT2D eigenvalue weighted by molar-refractivity contribution is 5.94. The fourth-order valence-corrected chi connectivity index (χ4v) is 2.32. The van der Waals surface area contributed by atoms with Crippen LogP contribution in [-0.2, 0) is 6.54 Å². The maximum absolute atomic E-state index is 12.3. The molecule has 2 aromatic rings. The van der Waals surface area contributed by atoms with Gasteiger partial charge >= 0.3 is 0 Å². The van der Waals surface area contributed by atoms with Crippen LogP contribution in [0.25, 0.3) is 0 Å². The van der Waals surface area contributed by atoms with Crippen LogP contribution in [0.1, 0.15) is 43.1 Å². The molecule has 1 N–H and O–H groups in total. The zero-order valence-corrected chi connectivity index (χ0v) is 14.1. The number of nitrogens with one attached hydrogen (secondary N) is 1. The third kappa shape index (κ3) is 4.81. The van der Waals surface area contributed by atoms with Gasteiger partial charge in [0.25, 0.3) is 5.91 Å². The second-order valence-electron chi connectivity index (χ2n) is 5.71. The van der Waals surface area contributed by atoms with Gasteiger partial charge in [0.05, 0.1) is 17.4 Å². The van der Waals surface area contributed by atoms with E-state index in [0.29, 0.717) is 5.56 Å².